The Balaban J connectivity index is 0.000000311. The average Bonchev–Trinajstić information content (AvgIpc) is 3.04. The molecule has 0 aliphatic heterocycles. The van der Waals surface area contributed by atoms with E-state index in [-0.39, 0.29) is 0 Å². The highest BCUT2D eigenvalue weighted by Crippen LogP contribution is 2.26. The zero-order valence-electron chi connectivity index (χ0n) is 30.6. The molecule has 45 heavy (non-hydrogen) atoms. The quantitative estimate of drug-likeness (QED) is 0.254. The zero-order valence-corrected chi connectivity index (χ0v) is 30.6. The van der Waals surface area contributed by atoms with Gasteiger partial charge in [0.05, 0.1) is 0 Å². The van der Waals surface area contributed by atoms with Crippen molar-refractivity contribution in [3.63, 3.8) is 0 Å². The van der Waals surface area contributed by atoms with Gasteiger partial charge in [-0.05, 0) is 141 Å². The standard InChI is InChI=1S/3C12H14O.3C2H6/c1-8-5-10-3-4-12(13)7-11(10)6-9(8)2;2*1-8-6-10-4-3-5-12(13)11(10)7-9(8)2;3*1-2/h5-6H,3-4,7H2,1-2H3;2*6-7H,3-5H2,1-2H3;3*1-2H3. The predicted molar refractivity (Wildman–Crippen MR) is 193 cm³/mol. The molecule has 0 aromatic heterocycles. The molecule has 0 saturated carbocycles. The van der Waals surface area contributed by atoms with Crippen LogP contribution in [0.25, 0.3) is 0 Å². The van der Waals surface area contributed by atoms with Crippen molar-refractivity contribution in [2.24, 2.45) is 0 Å². The van der Waals surface area contributed by atoms with Crippen LogP contribution in [0.2, 0.25) is 0 Å². The maximum Gasteiger partial charge on any atom is 0.163 e. The van der Waals surface area contributed by atoms with Crippen molar-refractivity contribution < 1.29 is 14.4 Å². The van der Waals surface area contributed by atoms with Crippen molar-refractivity contribution in [1.82, 2.24) is 0 Å². The number of hydrogen-bond acceptors (Lipinski definition) is 3. The van der Waals surface area contributed by atoms with Crippen molar-refractivity contribution >= 4 is 17.3 Å². The summed E-state index contributed by atoms with van der Waals surface area (Å²) in [6.45, 7) is 24.6. The second-order valence-corrected chi connectivity index (χ2v) is 11.7. The molecule has 3 aliphatic carbocycles. The van der Waals surface area contributed by atoms with Gasteiger partial charge in [-0.3, -0.25) is 14.4 Å². The fraction of sp³-hybridized carbons (Fsp3) is 0.500. The lowest BCUT2D eigenvalue weighted by atomic mass is 9.88. The first-order valence-corrected chi connectivity index (χ1v) is 17.4. The summed E-state index contributed by atoms with van der Waals surface area (Å²) in [7, 11) is 0. The predicted octanol–water partition coefficient (Wildman–Crippen LogP) is 11.1. The van der Waals surface area contributed by atoms with Crippen LogP contribution in [0.4, 0.5) is 0 Å². The summed E-state index contributed by atoms with van der Waals surface area (Å²) in [5, 5.41) is 0. The maximum absolute atomic E-state index is 11.5. The highest BCUT2D eigenvalue weighted by atomic mass is 16.1. The summed E-state index contributed by atoms with van der Waals surface area (Å²) >= 11 is 0. The van der Waals surface area contributed by atoms with E-state index >= 15 is 0 Å². The van der Waals surface area contributed by atoms with Crippen molar-refractivity contribution in [2.45, 2.75) is 141 Å². The average molecular weight is 613 g/mol. The van der Waals surface area contributed by atoms with Crippen molar-refractivity contribution in [3.05, 3.63) is 103 Å². The van der Waals surface area contributed by atoms with Crippen LogP contribution in [0.5, 0.6) is 0 Å². The number of hydrogen-bond donors (Lipinski definition) is 0. The molecule has 6 rings (SSSR count). The summed E-state index contributed by atoms with van der Waals surface area (Å²) < 4.78 is 0. The largest absolute Gasteiger partial charge is 0.299 e. The Kier molecular flexibility index (Phi) is 17.6. The van der Waals surface area contributed by atoms with Crippen molar-refractivity contribution in [1.29, 1.82) is 0 Å². The van der Waals surface area contributed by atoms with Crippen molar-refractivity contribution in [3.8, 4) is 0 Å². The number of aryl methyl sites for hydroxylation is 9. The SMILES string of the molecule is CC.CC.CC.Cc1cc2c(cc1C)C(=O)CCC2.Cc1cc2c(cc1C)C(=O)CCC2.Cc1cc2c(cc1C)CC(=O)CC2. The van der Waals surface area contributed by atoms with Crippen LogP contribution in [-0.4, -0.2) is 17.3 Å². The van der Waals surface area contributed by atoms with E-state index in [1.807, 2.05) is 53.7 Å². The molecule has 0 radical (unpaired) electrons. The fourth-order valence-electron chi connectivity index (χ4n) is 5.74. The maximum atomic E-state index is 11.5. The first-order chi connectivity index (χ1) is 21.5. The van der Waals surface area contributed by atoms with E-state index in [0.29, 0.717) is 23.8 Å². The van der Waals surface area contributed by atoms with E-state index in [0.717, 1.165) is 62.5 Å². The first kappa shape index (κ1) is 39.7. The number of fused-ring (bicyclic) bond motifs is 3. The third-order valence-electron chi connectivity index (χ3n) is 8.62. The second kappa shape index (κ2) is 19.9. The third-order valence-corrected chi connectivity index (χ3v) is 8.62. The molecule has 3 heteroatoms. The van der Waals surface area contributed by atoms with Crippen LogP contribution in [0, 0.1) is 41.5 Å². The molecule has 0 saturated heterocycles. The monoisotopic (exact) mass is 612 g/mol. The highest BCUT2D eigenvalue weighted by Gasteiger charge is 2.19. The van der Waals surface area contributed by atoms with Gasteiger partial charge in [0.15, 0.2) is 11.6 Å². The lowest BCUT2D eigenvalue weighted by molar-refractivity contribution is -0.118. The molecule has 3 nitrogen and oxygen atoms in total. The van der Waals surface area contributed by atoms with Gasteiger partial charge in [-0.15, -0.1) is 0 Å². The molecule has 0 N–H and O–H groups in total. The number of carbonyl (C=O) groups is 3. The lowest BCUT2D eigenvalue weighted by Crippen LogP contribution is -2.13. The zero-order chi connectivity index (χ0) is 34.3. The highest BCUT2D eigenvalue weighted by molar-refractivity contribution is 5.99. The van der Waals surface area contributed by atoms with Gasteiger partial charge in [-0.1, -0.05) is 65.8 Å². The Morgan fingerprint density at radius 3 is 1.11 bits per heavy atom. The Labute approximate surface area is 275 Å². The van der Waals surface area contributed by atoms with Gasteiger partial charge >= 0.3 is 0 Å². The van der Waals surface area contributed by atoms with Crippen LogP contribution in [0.1, 0.15) is 150 Å². The molecule has 246 valence electrons. The number of ketones is 3. The minimum absolute atomic E-state index is 0.323. The number of carbonyl (C=O) groups excluding carboxylic acids is 3. The molecular weight excluding hydrogens is 552 g/mol. The van der Waals surface area contributed by atoms with Gasteiger partial charge in [0, 0.05) is 36.8 Å². The number of benzene rings is 3. The Bertz CT molecular complexity index is 1370. The molecule has 0 spiro atoms. The molecular formula is C42H60O3. The van der Waals surface area contributed by atoms with Gasteiger partial charge in [0.25, 0.3) is 0 Å². The summed E-state index contributed by atoms with van der Waals surface area (Å²) in [6.07, 6.45) is 7.97. The van der Waals surface area contributed by atoms with Crippen LogP contribution in [0.3, 0.4) is 0 Å². The molecule has 0 atom stereocenters. The second-order valence-electron chi connectivity index (χ2n) is 11.7. The smallest absolute Gasteiger partial charge is 0.163 e. The van der Waals surface area contributed by atoms with Crippen LogP contribution >= 0.6 is 0 Å². The van der Waals surface area contributed by atoms with E-state index in [9.17, 15) is 14.4 Å². The summed E-state index contributed by atoms with van der Waals surface area (Å²) in [4.78, 5) is 34.3. The minimum Gasteiger partial charge on any atom is -0.299 e. The number of Topliss-reactive ketones (excluding diaryl/α,β-unsaturated/α-hetero) is 3. The van der Waals surface area contributed by atoms with Crippen LogP contribution in [0.15, 0.2) is 36.4 Å². The van der Waals surface area contributed by atoms with Gasteiger partial charge in [-0.25, -0.2) is 0 Å². The molecule has 0 amide bonds. The fourth-order valence-corrected chi connectivity index (χ4v) is 5.74. The minimum atomic E-state index is 0.323. The molecule has 3 aromatic rings. The van der Waals surface area contributed by atoms with E-state index in [1.165, 1.54) is 55.6 Å². The van der Waals surface area contributed by atoms with E-state index < -0.39 is 0 Å². The van der Waals surface area contributed by atoms with Crippen LogP contribution < -0.4 is 0 Å². The molecule has 3 aliphatic rings. The Morgan fingerprint density at radius 1 is 0.378 bits per heavy atom. The molecule has 0 bridgehead atoms. The Hall–Kier alpha value is -3.33. The first-order valence-electron chi connectivity index (χ1n) is 17.4. The summed E-state index contributed by atoms with van der Waals surface area (Å²) in [6, 6.07) is 12.8. The summed E-state index contributed by atoms with van der Waals surface area (Å²) in [5.74, 6) is 1.03. The molecule has 0 heterocycles. The molecule has 0 unspecified atom stereocenters. The number of rotatable bonds is 0. The van der Waals surface area contributed by atoms with Crippen LogP contribution in [-0.2, 0) is 30.5 Å². The van der Waals surface area contributed by atoms with Gasteiger partial charge in [-0.2, -0.15) is 0 Å². The third kappa shape index (κ3) is 11.2. The van der Waals surface area contributed by atoms with E-state index in [1.54, 1.807) is 0 Å². The van der Waals surface area contributed by atoms with E-state index in [2.05, 4.69) is 65.8 Å². The lowest BCUT2D eigenvalue weighted by Gasteiger charge is -2.16. The Morgan fingerprint density at radius 2 is 0.711 bits per heavy atom. The molecule has 0 fully saturated rings. The van der Waals surface area contributed by atoms with Gasteiger partial charge < -0.3 is 0 Å². The topological polar surface area (TPSA) is 51.2 Å². The van der Waals surface area contributed by atoms with Gasteiger partial charge in [0.2, 0.25) is 0 Å². The van der Waals surface area contributed by atoms with E-state index in [4.69, 9.17) is 0 Å². The molecule has 3 aromatic carbocycles. The van der Waals surface area contributed by atoms with Gasteiger partial charge in [0.1, 0.15) is 5.78 Å². The van der Waals surface area contributed by atoms with Crippen molar-refractivity contribution in [2.75, 3.05) is 0 Å². The summed E-state index contributed by atoms with van der Waals surface area (Å²) in [5.41, 5.74) is 14.8. The normalized spacial score (nSPS) is 14.0.